The van der Waals surface area contributed by atoms with E-state index in [0.29, 0.717) is 10.8 Å². The standard InChI is InChI=1S/C20H24N2O5S/c1-20(2,3)13-4-6-14(7-5-13)26-10-8-17(24)27-12-16(23)22-19-15(18(21)25)9-11-28-19/h4-7,9,11H,8,10,12H2,1-3H3,(H2,21,25)(H,22,23). The Labute approximate surface area is 167 Å². The summed E-state index contributed by atoms with van der Waals surface area (Å²) in [6, 6.07) is 9.21. The van der Waals surface area contributed by atoms with E-state index >= 15 is 0 Å². The Balaban J connectivity index is 1.70. The molecule has 3 N–H and O–H groups in total. The second-order valence-electron chi connectivity index (χ2n) is 7.11. The van der Waals surface area contributed by atoms with Crippen molar-refractivity contribution in [3.63, 3.8) is 0 Å². The summed E-state index contributed by atoms with van der Waals surface area (Å²) in [4.78, 5) is 34.8. The Bertz CT molecular complexity index is 837. The Hall–Kier alpha value is -2.87. The van der Waals surface area contributed by atoms with Crippen molar-refractivity contribution in [2.75, 3.05) is 18.5 Å². The number of ether oxygens (including phenoxy) is 2. The molecule has 7 nitrogen and oxygen atoms in total. The predicted molar refractivity (Wildman–Crippen MR) is 108 cm³/mol. The van der Waals surface area contributed by atoms with E-state index < -0.39 is 24.4 Å². The molecule has 0 aliphatic heterocycles. The van der Waals surface area contributed by atoms with Crippen LogP contribution in [0.4, 0.5) is 5.00 Å². The summed E-state index contributed by atoms with van der Waals surface area (Å²) >= 11 is 1.16. The van der Waals surface area contributed by atoms with Crippen molar-refractivity contribution in [2.45, 2.75) is 32.6 Å². The number of amides is 2. The molecule has 8 heteroatoms. The zero-order valence-corrected chi connectivity index (χ0v) is 16.9. The van der Waals surface area contributed by atoms with Crippen molar-refractivity contribution in [1.82, 2.24) is 0 Å². The van der Waals surface area contributed by atoms with Gasteiger partial charge in [-0.2, -0.15) is 0 Å². The van der Waals surface area contributed by atoms with Crippen LogP contribution < -0.4 is 15.8 Å². The summed E-state index contributed by atoms with van der Waals surface area (Å²) in [6.07, 6.45) is 0.0137. The van der Waals surface area contributed by atoms with Gasteiger partial charge in [-0.15, -0.1) is 11.3 Å². The number of thiophene rings is 1. The van der Waals surface area contributed by atoms with E-state index in [1.807, 2.05) is 24.3 Å². The van der Waals surface area contributed by atoms with Crippen LogP contribution in [-0.2, 0) is 19.7 Å². The van der Waals surface area contributed by atoms with Crippen LogP contribution in [0, 0.1) is 0 Å². The van der Waals surface area contributed by atoms with Gasteiger partial charge in [0.15, 0.2) is 6.61 Å². The van der Waals surface area contributed by atoms with Gasteiger partial charge >= 0.3 is 5.97 Å². The number of benzene rings is 1. The van der Waals surface area contributed by atoms with Crippen LogP contribution in [-0.4, -0.2) is 31.0 Å². The quantitative estimate of drug-likeness (QED) is 0.658. The molecule has 150 valence electrons. The number of carbonyl (C=O) groups is 3. The zero-order chi connectivity index (χ0) is 20.7. The maximum atomic E-state index is 11.8. The molecule has 2 rings (SSSR count). The number of rotatable bonds is 8. The fourth-order valence-electron chi connectivity index (χ4n) is 2.28. The molecule has 28 heavy (non-hydrogen) atoms. The first-order valence-electron chi connectivity index (χ1n) is 8.73. The SMILES string of the molecule is CC(C)(C)c1ccc(OCCC(=O)OCC(=O)Nc2sccc2C(N)=O)cc1. The largest absolute Gasteiger partial charge is 0.493 e. The van der Waals surface area contributed by atoms with Crippen LogP contribution in [0.2, 0.25) is 0 Å². The highest BCUT2D eigenvalue weighted by Crippen LogP contribution is 2.24. The van der Waals surface area contributed by atoms with Crippen LogP contribution in [0.1, 0.15) is 43.1 Å². The van der Waals surface area contributed by atoms with E-state index in [9.17, 15) is 14.4 Å². The number of primary amides is 1. The van der Waals surface area contributed by atoms with Gasteiger partial charge in [0.05, 0.1) is 18.6 Å². The van der Waals surface area contributed by atoms with Crippen molar-refractivity contribution < 1.29 is 23.9 Å². The van der Waals surface area contributed by atoms with E-state index in [1.165, 1.54) is 11.6 Å². The average Bonchev–Trinajstić information content (AvgIpc) is 3.08. The van der Waals surface area contributed by atoms with E-state index in [0.717, 1.165) is 11.3 Å². The third-order valence-electron chi connectivity index (χ3n) is 3.84. The van der Waals surface area contributed by atoms with Gasteiger partial charge in [0.2, 0.25) is 0 Å². The lowest BCUT2D eigenvalue weighted by molar-refractivity contribution is -0.147. The predicted octanol–water partition coefficient (Wildman–Crippen LogP) is 3.10. The molecule has 0 bridgehead atoms. The molecule has 0 saturated carbocycles. The summed E-state index contributed by atoms with van der Waals surface area (Å²) in [7, 11) is 0. The van der Waals surface area contributed by atoms with Gasteiger partial charge in [-0.3, -0.25) is 14.4 Å². The Morgan fingerprint density at radius 2 is 1.79 bits per heavy atom. The third-order valence-corrected chi connectivity index (χ3v) is 4.67. The van der Waals surface area contributed by atoms with E-state index in [-0.39, 0.29) is 24.0 Å². The molecule has 0 saturated heterocycles. The topological polar surface area (TPSA) is 108 Å². The highest BCUT2D eigenvalue weighted by molar-refractivity contribution is 7.14. The molecule has 1 aromatic heterocycles. The van der Waals surface area contributed by atoms with Crippen LogP contribution in [0.3, 0.4) is 0 Å². The fourth-order valence-corrected chi connectivity index (χ4v) is 3.09. The first kappa shape index (κ1) is 21.4. The number of esters is 1. The van der Waals surface area contributed by atoms with Crippen LogP contribution in [0.15, 0.2) is 35.7 Å². The summed E-state index contributed by atoms with van der Waals surface area (Å²) in [5, 5.41) is 4.46. The number of hydrogen-bond acceptors (Lipinski definition) is 6. The number of hydrogen-bond donors (Lipinski definition) is 2. The van der Waals surface area contributed by atoms with Crippen LogP contribution >= 0.6 is 11.3 Å². The maximum Gasteiger partial charge on any atom is 0.309 e. The number of nitrogens with two attached hydrogens (primary N) is 1. The van der Waals surface area contributed by atoms with Crippen LogP contribution in [0.5, 0.6) is 5.75 Å². The number of nitrogens with one attached hydrogen (secondary N) is 1. The summed E-state index contributed by atoms with van der Waals surface area (Å²) < 4.78 is 10.4. The van der Waals surface area contributed by atoms with E-state index in [4.69, 9.17) is 15.2 Å². The summed E-state index contributed by atoms with van der Waals surface area (Å²) in [5.74, 6) is -1.07. The van der Waals surface area contributed by atoms with Crippen molar-refractivity contribution in [3.05, 3.63) is 46.8 Å². The number of anilines is 1. The maximum absolute atomic E-state index is 11.8. The molecule has 2 aromatic rings. The smallest absolute Gasteiger partial charge is 0.309 e. The van der Waals surface area contributed by atoms with Crippen molar-refractivity contribution in [1.29, 1.82) is 0 Å². The average molecular weight is 404 g/mol. The molecule has 1 aromatic carbocycles. The third kappa shape index (κ3) is 6.38. The van der Waals surface area contributed by atoms with Crippen LogP contribution in [0.25, 0.3) is 0 Å². The normalized spacial score (nSPS) is 11.0. The minimum Gasteiger partial charge on any atom is -0.493 e. The van der Waals surface area contributed by atoms with Gasteiger partial charge in [0.25, 0.3) is 11.8 Å². The highest BCUT2D eigenvalue weighted by atomic mass is 32.1. The summed E-state index contributed by atoms with van der Waals surface area (Å²) in [5.41, 5.74) is 6.67. The fraction of sp³-hybridized carbons (Fsp3) is 0.350. The molecule has 0 unspecified atom stereocenters. The molecule has 0 fully saturated rings. The van der Waals surface area contributed by atoms with Gasteiger partial charge in [-0.05, 0) is 34.6 Å². The van der Waals surface area contributed by atoms with Crippen molar-refractivity contribution in [2.24, 2.45) is 5.73 Å². The number of carbonyl (C=O) groups excluding carboxylic acids is 3. The van der Waals surface area contributed by atoms with Gasteiger partial charge in [0.1, 0.15) is 10.8 Å². The molecular weight excluding hydrogens is 380 g/mol. The molecule has 0 radical (unpaired) electrons. The lowest BCUT2D eigenvalue weighted by atomic mass is 9.87. The lowest BCUT2D eigenvalue weighted by Crippen LogP contribution is -2.22. The Kier molecular flexibility index (Phi) is 7.17. The molecule has 0 atom stereocenters. The monoisotopic (exact) mass is 404 g/mol. The van der Waals surface area contributed by atoms with E-state index in [1.54, 1.807) is 5.38 Å². The molecule has 2 amide bonds. The van der Waals surface area contributed by atoms with Gasteiger partial charge in [0, 0.05) is 0 Å². The first-order chi connectivity index (χ1) is 13.2. The molecule has 0 aliphatic carbocycles. The Morgan fingerprint density at radius 3 is 2.39 bits per heavy atom. The zero-order valence-electron chi connectivity index (χ0n) is 16.1. The lowest BCUT2D eigenvalue weighted by Gasteiger charge is -2.19. The summed E-state index contributed by atoms with van der Waals surface area (Å²) in [6.45, 7) is 6.08. The first-order valence-corrected chi connectivity index (χ1v) is 9.61. The van der Waals surface area contributed by atoms with Gasteiger partial charge < -0.3 is 20.5 Å². The highest BCUT2D eigenvalue weighted by Gasteiger charge is 2.15. The minimum atomic E-state index is -0.638. The molecular formula is C20H24N2O5S. The minimum absolute atomic E-state index is 0.0137. The second-order valence-corrected chi connectivity index (χ2v) is 8.03. The molecule has 0 spiro atoms. The molecule has 0 aliphatic rings. The van der Waals surface area contributed by atoms with Crippen molar-refractivity contribution in [3.8, 4) is 5.75 Å². The van der Waals surface area contributed by atoms with Gasteiger partial charge in [-0.1, -0.05) is 32.9 Å². The Morgan fingerprint density at radius 1 is 1.11 bits per heavy atom. The van der Waals surface area contributed by atoms with Gasteiger partial charge in [-0.25, -0.2) is 0 Å². The van der Waals surface area contributed by atoms with Crippen molar-refractivity contribution >= 4 is 34.1 Å². The van der Waals surface area contributed by atoms with E-state index in [2.05, 4.69) is 26.1 Å². The molecule has 1 heterocycles. The second kappa shape index (κ2) is 9.36.